The largest absolute Gasteiger partial charge is 0.494 e. The smallest absolute Gasteiger partial charge is 0.243 e. The van der Waals surface area contributed by atoms with Gasteiger partial charge in [-0.15, -0.1) is 0 Å². The third kappa shape index (κ3) is 5.58. The summed E-state index contributed by atoms with van der Waals surface area (Å²) in [6.07, 6.45) is 1.03. The second kappa shape index (κ2) is 10.3. The van der Waals surface area contributed by atoms with E-state index in [-0.39, 0.29) is 22.8 Å². The average molecular weight is 473 g/mol. The Labute approximate surface area is 198 Å². The van der Waals surface area contributed by atoms with Crippen LogP contribution in [0.15, 0.2) is 35.2 Å². The van der Waals surface area contributed by atoms with Gasteiger partial charge in [-0.3, -0.25) is 4.79 Å². The maximum atomic E-state index is 13.1. The first-order valence-electron chi connectivity index (χ1n) is 11.7. The maximum absolute atomic E-state index is 13.1. The van der Waals surface area contributed by atoms with Gasteiger partial charge in [-0.25, -0.2) is 8.42 Å². The Balaban J connectivity index is 1.62. The fourth-order valence-electron chi connectivity index (χ4n) is 4.47. The molecule has 6 nitrogen and oxygen atoms in total. The highest BCUT2D eigenvalue weighted by Gasteiger charge is 2.32. The van der Waals surface area contributed by atoms with Crippen molar-refractivity contribution in [2.45, 2.75) is 65.3 Å². The van der Waals surface area contributed by atoms with Crippen LogP contribution >= 0.6 is 0 Å². The van der Waals surface area contributed by atoms with Gasteiger partial charge < -0.3 is 10.1 Å². The summed E-state index contributed by atoms with van der Waals surface area (Å²) < 4.78 is 33.3. The number of amides is 1. The molecule has 1 saturated heterocycles. The van der Waals surface area contributed by atoms with E-state index in [1.54, 1.807) is 18.2 Å². The second-order valence-corrected chi connectivity index (χ2v) is 11.0. The fraction of sp³-hybridized carbons (Fsp3) is 0.500. The van der Waals surface area contributed by atoms with E-state index < -0.39 is 10.0 Å². The summed E-state index contributed by atoms with van der Waals surface area (Å²) in [5, 5.41) is 3.14. The second-order valence-electron chi connectivity index (χ2n) is 9.06. The summed E-state index contributed by atoms with van der Waals surface area (Å²) in [5.74, 6) is 0.502. The summed E-state index contributed by atoms with van der Waals surface area (Å²) in [7, 11) is -3.60. The van der Waals surface area contributed by atoms with Gasteiger partial charge in [0.05, 0.1) is 17.5 Å². The molecule has 1 N–H and O–H groups in total. The number of hydrogen-bond donors (Lipinski definition) is 1. The third-order valence-electron chi connectivity index (χ3n) is 6.62. The monoisotopic (exact) mass is 472 g/mol. The van der Waals surface area contributed by atoms with Crippen molar-refractivity contribution < 1.29 is 17.9 Å². The average Bonchev–Trinajstić information content (AvgIpc) is 2.77. The first-order chi connectivity index (χ1) is 15.5. The Kier molecular flexibility index (Phi) is 7.85. The molecule has 0 bridgehead atoms. The standard InChI is InChI=1S/C26H36N2O4S/c1-7-32-25-9-8-23(15-20(25)5)33(30,31)28-12-10-22(11-13-28)26(29)27-21(6)24-16-18(3)17(2)14-19(24)4/h8-9,14-16,21-22H,7,10-13H2,1-6H3,(H,27,29). The van der Waals surface area contributed by atoms with Crippen LogP contribution < -0.4 is 10.1 Å². The molecule has 1 amide bonds. The first kappa shape index (κ1) is 25.2. The lowest BCUT2D eigenvalue weighted by Gasteiger charge is -2.31. The van der Waals surface area contributed by atoms with Crippen molar-refractivity contribution in [1.29, 1.82) is 0 Å². The summed E-state index contributed by atoms with van der Waals surface area (Å²) in [4.78, 5) is 13.2. The zero-order valence-electron chi connectivity index (χ0n) is 20.6. The van der Waals surface area contributed by atoms with Gasteiger partial charge in [-0.05, 0) is 100 Å². The Morgan fingerprint density at radius 1 is 1.03 bits per heavy atom. The lowest BCUT2D eigenvalue weighted by molar-refractivity contribution is -0.126. The van der Waals surface area contributed by atoms with Crippen LogP contribution in [0.2, 0.25) is 0 Å². The van der Waals surface area contributed by atoms with Crippen molar-refractivity contribution in [2.24, 2.45) is 5.92 Å². The molecule has 1 aliphatic rings. The SMILES string of the molecule is CCOc1ccc(S(=O)(=O)N2CCC(C(=O)NC(C)c3cc(C)c(C)cc3C)CC2)cc1C. The van der Waals surface area contributed by atoms with Gasteiger partial charge in [0.25, 0.3) is 0 Å². The van der Waals surface area contributed by atoms with Crippen molar-refractivity contribution in [3.8, 4) is 5.75 Å². The Hall–Kier alpha value is -2.38. The number of hydrogen-bond acceptors (Lipinski definition) is 4. The van der Waals surface area contributed by atoms with Crippen molar-refractivity contribution in [2.75, 3.05) is 19.7 Å². The van der Waals surface area contributed by atoms with E-state index in [1.807, 2.05) is 20.8 Å². The molecule has 0 spiro atoms. The Bertz CT molecular complexity index is 1120. The maximum Gasteiger partial charge on any atom is 0.243 e. The van der Waals surface area contributed by atoms with E-state index in [4.69, 9.17) is 4.74 Å². The van der Waals surface area contributed by atoms with E-state index in [0.29, 0.717) is 38.3 Å². The van der Waals surface area contributed by atoms with E-state index in [9.17, 15) is 13.2 Å². The van der Waals surface area contributed by atoms with Crippen LogP contribution in [0.25, 0.3) is 0 Å². The Morgan fingerprint density at radius 3 is 2.27 bits per heavy atom. The van der Waals surface area contributed by atoms with Crippen LogP contribution in [0.1, 0.15) is 60.5 Å². The summed E-state index contributed by atoms with van der Waals surface area (Å²) in [6.45, 7) is 13.2. The molecule has 0 aromatic heterocycles. The zero-order chi connectivity index (χ0) is 24.3. The molecule has 2 aromatic carbocycles. The number of piperidine rings is 1. The predicted molar refractivity (Wildman–Crippen MR) is 131 cm³/mol. The van der Waals surface area contributed by atoms with Crippen molar-refractivity contribution in [3.05, 3.63) is 58.1 Å². The van der Waals surface area contributed by atoms with E-state index in [2.05, 4.69) is 38.2 Å². The molecule has 1 aliphatic heterocycles. The number of nitrogens with zero attached hydrogens (tertiary/aromatic N) is 1. The number of nitrogens with one attached hydrogen (secondary N) is 1. The number of sulfonamides is 1. The number of benzene rings is 2. The quantitative estimate of drug-likeness (QED) is 0.639. The minimum atomic E-state index is -3.60. The molecule has 1 unspecified atom stereocenters. The Morgan fingerprint density at radius 2 is 1.67 bits per heavy atom. The zero-order valence-corrected chi connectivity index (χ0v) is 21.4. The summed E-state index contributed by atoms with van der Waals surface area (Å²) in [5.41, 5.74) is 5.53. The van der Waals surface area contributed by atoms with Crippen LogP contribution in [-0.4, -0.2) is 38.3 Å². The summed E-state index contributed by atoms with van der Waals surface area (Å²) in [6, 6.07) is 9.17. The minimum absolute atomic E-state index is 0.00547. The molecule has 0 saturated carbocycles. The van der Waals surface area contributed by atoms with Crippen molar-refractivity contribution in [1.82, 2.24) is 9.62 Å². The van der Waals surface area contributed by atoms with E-state index in [1.165, 1.54) is 15.4 Å². The molecule has 33 heavy (non-hydrogen) atoms. The van der Waals surface area contributed by atoms with Crippen LogP contribution in [0, 0.1) is 33.6 Å². The predicted octanol–water partition coefficient (Wildman–Crippen LogP) is 4.60. The van der Waals surface area contributed by atoms with Gasteiger partial charge in [0.15, 0.2) is 0 Å². The molecule has 0 radical (unpaired) electrons. The number of carbonyl (C=O) groups excluding carboxylic acids is 1. The first-order valence-corrected chi connectivity index (χ1v) is 13.1. The molecule has 1 fully saturated rings. The molecule has 3 rings (SSSR count). The highest BCUT2D eigenvalue weighted by Crippen LogP contribution is 2.28. The summed E-state index contributed by atoms with van der Waals surface area (Å²) >= 11 is 0. The van der Waals surface area contributed by atoms with E-state index >= 15 is 0 Å². The molecule has 1 atom stereocenters. The van der Waals surface area contributed by atoms with Gasteiger partial charge in [-0.1, -0.05) is 12.1 Å². The molecule has 0 aliphatic carbocycles. The van der Waals surface area contributed by atoms with Crippen molar-refractivity contribution >= 4 is 15.9 Å². The van der Waals surface area contributed by atoms with Gasteiger partial charge in [0.1, 0.15) is 5.75 Å². The topological polar surface area (TPSA) is 75.7 Å². The lowest BCUT2D eigenvalue weighted by Crippen LogP contribution is -2.43. The molecule has 2 aromatic rings. The van der Waals surface area contributed by atoms with Crippen molar-refractivity contribution in [3.63, 3.8) is 0 Å². The molecule has 1 heterocycles. The van der Waals surface area contributed by atoms with Crippen LogP contribution in [0.4, 0.5) is 0 Å². The number of ether oxygens (including phenoxy) is 1. The third-order valence-corrected chi connectivity index (χ3v) is 8.51. The van der Waals surface area contributed by atoms with Crippen LogP contribution in [0.5, 0.6) is 5.75 Å². The lowest BCUT2D eigenvalue weighted by atomic mass is 9.94. The number of aryl methyl sites for hydroxylation is 4. The molecule has 7 heteroatoms. The molecule has 180 valence electrons. The molecular formula is C26H36N2O4S. The van der Waals surface area contributed by atoms with Gasteiger partial charge in [0, 0.05) is 19.0 Å². The normalized spacial score (nSPS) is 16.4. The number of carbonyl (C=O) groups is 1. The van der Waals surface area contributed by atoms with Crippen LogP contribution in [-0.2, 0) is 14.8 Å². The molecular weight excluding hydrogens is 436 g/mol. The van der Waals surface area contributed by atoms with Gasteiger partial charge in [0.2, 0.25) is 15.9 Å². The fourth-order valence-corrected chi connectivity index (χ4v) is 6.02. The highest BCUT2D eigenvalue weighted by molar-refractivity contribution is 7.89. The minimum Gasteiger partial charge on any atom is -0.494 e. The van der Waals surface area contributed by atoms with Gasteiger partial charge in [-0.2, -0.15) is 4.31 Å². The van der Waals surface area contributed by atoms with Gasteiger partial charge >= 0.3 is 0 Å². The number of rotatable bonds is 7. The van der Waals surface area contributed by atoms with E-state index in [0.717, 1.165) is 16.7 Å². The highest BCUT2D eigenvalue weighted by atomic mass is 32.2. The van der Waals surface area contributed by atoms with Crippen LogP contribution in [0.3, 0.4) is 0 Å².